The number of anilines is 2. The Morgan fingerprint density at radius 2 is 1.67 bits per heavy atom. The van der Waals surface area contributed by atoms with E-state index in [0.29, 0.717) is 35.0 Å². The first kappa shape index (κ1) is 17.5. The van der Waals surface area contributed by atoms with Crippen molar-refractivity contribution in [3.8, 4) is 0 Å². The highest BCUT2D eigenvalue weighted by atomic mass is 32.2. The SMILES string of the molecule is CS(=O)(=O)c1ccc(N2CCN(c3nc4cccnc4c(=O)[nH]3)CC2)cc1. The molecule has 1 N–H and O–H groups in total. The summed E-state index contributed by atoms with van der Waals surface area (Å²) in [5.41, 5.74) is 1.65. The van der Waals surface area contributed by atoms with Crippen LogP contribution in [0.3, 0.4) is 0 Å². The van der Waals surface area contributed by atoms with E-state index in [2.05, 4.69) is 19.9 Å². The largest absolute Gasteiger partial charge is 0.368 e. The monoisotopic (exact) mass is 385 g/mol. The third-order valence-electron chi connectivity index (χ3n) is 4.66. The summed E-state index contributed by atoms with van der Waals surface area (Å²) in [5, 5.41) is 0. The van der Waals surface area contributed by atoms with Crippen LogP contribution in [0.4, 0.5) is 11.6 Å². The highest BCUT2D eigenvalue weighted by Crippen LogP contribution is 2.21. The predicted octanol–water partition coefficient (Wildman–Crippen LogP) is 1.05. The lowest BCUT2D eigenvalue weighted by Gasteiger charge is -2.36. The summed E-state index contributed by atoms with van der Waals surface area (Å²) in [7, 11) is -3.19. The van der Waals surface area contributed by atoms with Crippen LogP contribution in [0.25, 0.3) is 11.0 Å². The molecular formula is C18H19N5O3S. The van der Waals surface area contributed by atoms with Gasteiger partial charge in [0.1, 0.15) is 0 Å². The van der Waals surface area contributed by atoms with Crippen LogP contribution in [0, 0.1) is 0 Å². The van der Waals surface area contributed by atoms with Crippen LogP contribution in [-0.4, -0.2) is 55.8 Å². The Morgan fingerprint density at radius 3 is 2.33 bits per heavy atom. The first-order chi connectivity index (χ1) is 12.9. The lowest BCUT2D eigenvalue weighted by Crippen LogP contribution is -2.47. The molecule has 0 radical (unpaired) electrons. The van der Waals surface area contributed by atoms with Crippen molar-refractivity contribution in [3.63, 3.8) is 0 Å². The van der Waals surface area contributed by atoms with Gasteiger partial charge in [0.2, 0.25) is 5.95 Å². The number of hydrogen-bond acceptors (Lipinski definition) is 7. The number of nitrogens with one attached hydrogen (secondary N) is 1. The first-order valence-electron chi connectivity index (χ1n) is 8.57. The number of H-pyrrole nitrogens is 1. The Morgan fingerprint density at radius 1 is 1.00 bits per heavy atom. The van der Waals surface area contributed by atoms with Gasteiger partial charge in [-0.2, -0.15) is 0 Å². The Kier molecular flexibility index (Phi) is 4.31. The fourth-order valence-electron chi connectivity index (χ4n) is 3.20. The zero-order valence-corrected chi connectivity index (χ0v) is 15.6. The van der Waals surface area contributed by atoms with Gasteiger partial charge >= 0.3 is 0 Å². The van der Waals surface area contributed by atoms with E-state index in [1.807, 2.05) is 17.0 Å². The second-order valence-electron chi connectivity index (χ2n) is 6.50. The van der Waals surface area contributed by atoms with Crippen LogP contribution in [0.5, 0.6) is 0 Å². The number of piperazine rings is 1. The molecule has 1 aliphatic heterocycles. The van der Waals surface area contributed by atoms with Gasteiger partial charge in [0.05, 0.1) is 10.4 Å². The van der Waals surface area contributed by atoms with Crippen molar-refractivity contribution in [1.82, 2.24) is 15.0 Å². The maximum absolute atomic E-state index is 12.2. The van der Waals surface area contributed by atoms with Crippen molar-refractivity contribution in [1.29, 1.82) is 0 Å². The van der Waals surface area contributed by atoms with Gasteiger partial charge in [0, 0.05) is 44.3 Å². The van der Waals surface area contributed by atoms with Crippen LogP contribution in [-0.2, 0) is 9.84 Å². The number of nitrogens with zero attached hydrogens (tertiary/aromatic N) is 4. The van der Waals surface area contributed by atoms with Crippen LogP contribution in [0.2, 0.25) is 0 Å². The lowest BCUT2D eigenvalue weighted by molar-refractivity contribution is 0.601. The number of aromatic amines is 1. The highest BCUT2D eigenvalue weighted by molar-refractivity contribution is 7.90. The molecule has 0 atom stereocenters. The number of aromatic nitrogens is 3. The molecule has 0 unspecified atom stereocenters. The zero-order chi connectivity index (χ0) is 19.0. The van der Waals surface area contributed by atoms with Crippen LogP contribution in [0.1, 0.15) is 0 Å². The molecule has 1 fully saturated rings. The van der Waals surface area contributed by atoms with Gasteiger partial charge in [-0.3, -0.25) is 9.78 Å². The summed E-state index contributed by atoms with van der Waals surface area (Å²) in [5.74, 6) is 0.549. The summed E-state index contributed by atoms with van der Waals surface area (Å²) < 4.78 is 23.2. The summed E-state index contributed by atoms with van der Waals surface area (Å²) in [6.07, 6.45) is 2.78. The van der Waals surface area contributed by atoms with Crippen LogP contribution in [0.15, 0.2) is 52.3 Å². The number of hydrogen-bond donors (Lipinski definition) is 1. The van der Waals surface area contributed by atoms with Crippen LogP contribution < -0.4 is 15.4 Å². The molecule has 140 valence electrons. The molecule has 4 rings (SSSR count). The van der Waals surface area contributed by atoms with Crippen molar-refractivity contribution in [2.75, 3.05) is 42.2 Å². The topological polar surface area (TPSA) is 99.3 Å². The Labute approximate surface area is 156 Å². The number of sulfone groups is 1. The van der Waals surface area contributed by atoms with E-state index < -0.39 is 9.84 Å². The normalized spacial score (nSPS) is 15.3. The van der Waals surface area contributed by atoms with Gasteiger partial charge in [-0.15, -0.1) is 0 Å². The minimum Gasteiger partial charge on any atom is -0.368 e. The second kappa shape index (κ2) is 6.66. The fraction of sp³-hybridized carbons (Fsp3) is 0.278. The predicted molar refractivity (Wildman–Crippen MR) is 104 cm³/mol. The molecule has 1 aromatic carbocycles. The number of fused-ring (bicyclic) bond motifs is 1. The number of pyridine rings is 1. The van der Waals surface area contributed by atoms with E-state index in [0.717, 1.165) is 18.8 Å². The van der Waals surface area contributed by atoms with E-state index >= 15 is 0 Å². The van der Waals surface area contributed by atoms with E-state index in [4.69, 9.17) is 0 Å². The van der Waals surface area contributed by atoms with Crippen molar-refractivity contribution in [2.45, 2.75) is 4.90 Å². The molecule has 27 heavy (non-hydrogen) atoms. The van der Waals surface area contributed by atoms with Crippen LogP contribution >= 0.6 is 0 Å². The van der Waals surface area contributed by atoms with Gasteiger partial charge in [-0.1, -0.05) is 0 Å². The summed E-state index contributed by atoms with van der Waals surface area (Å²) in [6.45, 7) is 2.88. The molecule has 3 aromatic rings. The number of rotatable bonds is 3. The van der Waals surface area contributed by atoms with Gasteiger partial charge < -0.3 is 9.80 Å². The van der Waals surface area contributed by atoms with Gasteiger partial charge in [0.15, 0.2) is 15.4 Å². The van der Waals surface area contributed by atoms with Crippen molar-refractivity contribution >= 4 is 32.5 Å². The fourth-order valence-corrected chi connectivity index (χ4v) is 3.83. The molecule has 9 heteroatoms. The quantitative estimate of drug-likeness (QED) is 0.719. The average molecular weight is 385 g/mol. The third-order valence-corrected chi connectivity index (χ3v) is 5.79. The van der Waals surface area contributed by atoms with Crippen molar-refractivity contribution < 1.29 is 8.42 Å². The van der Waals surface area contributed by atoms with E-state index in [1.165, 1.54) is 6.26 Å². The third kappa shape index (κ3) is 3.50. The molecule has 0 spiro atoms. The highest BCUT2D eigenvalue weighted by Gasteiger charge is 2.20. The minimum absolute atomic E-state index is 0.241. The molecule has 8 nitrogen and oxygen atoms in total. The van der Waals surface area contributed by atoms with Gasteiger partial charge in [0.25, 0.3) is 5.56 Å². The summed E-state index contributed by atoms with van der Waals surface area (Å²) >= 11 is 0. The second-order valence-corrected chi connectivity index (χ2v) is 8.52. The molecule has 0 amide bonds. The summed E-state index contributed by atoms with van der Waals surface area (Å²) in [4.78, 5) is 28.1. The molecule has 0 bridgehead atoms. The maximum atomic E-state index is 12.2. The van der Waals surface area contributed by atoms with E-state index in [1.54, 1.807) is 30.5 Å². The van der Waals surface area contributed by atoms with E-state index in [9.17, 15) is 13.2 Å². The molecule has 1 aliphatic rings. The average Bonchev–Trinajstić information content (AvgIpc) is 2.67. The van der Waals surface area contributed by atoms with Crippen molar-refractivity contribution in [2.24, 2.45) is 0 Å². The Balaban J connectivity index is 1.50. The first-order valence-corrected chi connectivity index (χ1v) is 10.5. The van der Waals surface area contributed by atoms with E-state index in [-0.39, 0.29) is 5.56 Å². The molecule has 0 saturated carbocycles. The molecular weight excluding hydrogens is 366 g/mol. The molecule has 3 heterocycles. The Hall–Kier alpha value is -2.94. The van der Waals surface area contributed by atoms with Crippen molar-refractivity contribution in [3.05, 3.63) is 52.9 Å². The zero-order valence-electron chi connectivity index (χ0n) is 14.8. The summed E-state index contributed by atoms with van der Waals surface area (Å²) in [6, 6.07) is 10.5. The van der Waals surface area contributed by atoms with Gasteiger partial charge in [-0.05, 0) is 36.4 Å². The molecule has 1 saturated heterocycles. The maximum Gasteiger partial charge on any atom is 0.278 e. The molecule has 0 aliphatic carbocycles. The smallest absolute Gasteiger partial charge is 0.278 e. The standard InChI is InChI=1S/C18H19N5O3S/c1-27(25,26)14-6-4-13(5-7-14)22-9-11-23(12-10-22)18-20-15-3-2-8-19-16(15)17(24)21-18/h2-8H,9-12H2,1H3,(H,20,21,24). The molecule has 2 aromatic heterocycles. The lowest BCUT2D eigenvalue weighted by atomic mass is 10.2. The minimum atomic E-state index is -3.19. The number of benzene rings is 1. The Bertz CT molecular complexity index is 1130. The van der Waals surface area contributed by atoms with Gasteiger partial charge in [-0.25, -0.2) is 18.4 Å².